The van der Waals surface area contributed by atoms with Crippen LogP contribution in [-0.4, -0.2) is 0 Å². The molecule has 0 radical (unpaired) electrons. The minimum atomic E-state index is 1.15. The van der Waals surface area contributed by atoms with Crippen molar-refractivity contribution in [2.24, 2.45) is 0 Å². The van der Waals surface area contributed by atoms with Crippen LogP contribution >= 0.6 is 0 Å². The molecular weight excluding hydrogens is 204 g/mol. The molecule has 0 bridgehead atoms. The van der Waals surface area contributed by atoms with Crippen molar-refractivity contribution < 1.29 is 0 Å². The molecule has 0 N–H and O–H groups in total. The number of benzene rings is 2. The Balaban J connectivity index is 2.14. The minimum absolute atomic E-state index is 1.15. The largest absolute Gasteiger partial charge is 0.0985 e. The molecule has 2 aromatic carbocycles. The van der Waals surface area contributed by atoms with Gasteiger partial charge in [-0.25, -0.2) is 0 Å². The van der Waals surface area contributed by atoms with Crippen LogP contribution in [0.1, 0.15) is 22.3 Å². The molecule has 0 saturated heterocycles. The Kier molecular flexibility index (Phi) is 3.56. The summed E-state index contributed by atoms with van der Waals surface area (Å²) in [6.07, 6.45) is 6.10. The zero-order valence-corrected chi connectivity index (χ0v) is 10.1. The molecule has 0 nitrogen and oxygen atoms in total. The fraction of sp³-hybridized carbons (Fsp3) is 0.0588. The van der Waals surface area contributed by atoms with Gasteiger partial charge in [0.15, 0.2) is 0 Å². The molecule has 2 aromatic rings. The third-order valence-electron chi connectivity index (χ3n) is 2.72. The van der Waals surface area contributed by atoms with E-state index in [0.717, 1.165) is 5.56 Å². The van der Waals surface area contributed by atoms with Crippen LogP contribution in [0, 0.1) is 6.92 Å². The summed E-state index contributed by atoms with van der Waals surface area (Å²) in [5, 5.41) is 0. The van der Waals surface area contributed by atoms with Crippen LogP contribution < -0.4 is 0 Å². The first-order valence-corrected chi connectivity index (χ1v) is 5.75. The molecule has 0 aliphatic rings. The lowest BCUT2D eigenvalue weighted by molar-refractivity contribution is 1.46. The lowest BCUT2D eigenvalue weighted by Crippen LogP contribution is -1.75. The van der Waals surface area contributed by atoms with Gasteiger partial charge in [-0.05, 0) is 23.6 Å². The molecule has 0 fully saturated rings. The molecule has 0 amide bonds. The van der Waals surface area contributed by atoms with E-state index in [1.807, 2.05) is 6.08 Å². The summed E-state index contributed by atoms with van der Waals surface area (Å²) in [4.78, 5) is 0. The first kappa shape index (κ1) is 11.4. The van der Waals surface area contributed by atoms with Gasteiger partial charge < -0.3 is 0 Å². The third-order valence-corrected chi connectivity index (χ3v) is 2.72. The molecule has 2 rings (SSSR count). The van der Waals surface area contributed by atoms with Gasteiger partial charge in [-0.1, -0.05) is 78.9 Å². The van der Waals surface area contributed by atoms with E-state index in [-0.39, 0.29) is 0 Å². The summed E-state index contributed by atoms with van der Waals surface area (Å²) in [6.45, 7) is 5.84. The summed E-state index contributed by atoms with van der Waals surface area (Å²) in [6, 6.07) is 16.8. The predicted molar refractivity (Wildman–Crippen MR) is 76.6 cm³/mol. The smallest absolute Gasteiger partial charge is 0.0256 e. The highest BCUT2D eigenvalue weighted by molar-refractivity contribution is 5.70. The monoisotopic (exact) mass is 220 g/mol. The van der Waals surface area contributed by atoms with Crippen LogP contribution in [0.5, 0.6) is 0 Å². The van der Waals surface area contributed by atoms with E-state index < -0.39 is 0 Å². The second kappa shape index (κ2) is 5.31. The topological polar surface area (TPSA) is 0 Å². The van der Waals surface area contributed by atoms with E-state index in [1.165, 1.54) is 16.7 Å². The van der Waals surface area contributed by atoms with Gasteiger partial charge in [-0.3, -0.25) is 0 Å². The number of rotatable bonds is 3. The van der Waals surface area contributed by atoms with Gasteiger partial charge in [0.2, 0.25) is 0 Å². The second-order valence-electron chi connectivity index (χ2n) is 4.11. The molecule has 0 aliphatic heterocycles. The zero-order valence-electron chi connectivity index (χ0n) is 10.1. The molecule has 0 saturated carbocycles. The van der Waals surface area contributed by atoms with Crippen LogP contribution in [0.3, 0.4) is 0 Å². The van der Waals surface area contributed by atoms with E-state index in [0.29, 0.717) is 0 Å². The zero-order chi connectivity index (χ0) is 12.1. The van der Waals surface area contributed by atoms with Crippen molar-refractivity contribution in [2.45, 2.75) is 6.92 Å². The van der Waals surface area contributed by atoms with Crippen LogP contribution in [0.2, 0.25) is 0 Å². The molecular formula is C17H16. The first-order valence-electron chi connectivity index (χ1n) is 5.75. The fourth-order valence-electron chi connectivity index (χ4n) is 1.61. The normalized spacial score (nSPS) is 10.6. The molecule has 84 valence electrons. The average molecular weight is 220 g/mol. The Bertz CT molecular complexity index is 513. The quantitative estimate of drug-likeness (QED) is 0.651. The number of hydrogen-bond acceptors (Lipinski definition) is 0. The molecule has 17 heavy (non-hydrogen) atoms. The molecule has 0 atom stereocenters. The first-order chi connectivity index (χ1) is 8.28. The second-order valence-corrected chi connectivity index (χ2v) is 4.11. The Labute approximate surface area is 103 Å². The highest BCUT2D eigenvalue weighted by Crippen LogP contribution is 2.11. The van der Waals surface area contributed by atoms with Crippen LogP contribution in [0.15, 0.2) is 55.1 Å². The van der Waals surface area contributed by atoms with E-state index in [2.05, 4.69) is 74.2 Å². The van der Waals surface area contributed by atoms with Gasteiger partial charge in [-0.2, -0.15) is 0 Å². The van der Waals surface area contributed by atoms with Crippen LogP contribution in [0.25, 0.3) is 18.2 Å². The Hall–Kier alpha value is -2.08. The maximum atomic E-state index is 3.74. The summed E-state index contributed by atoms with van der Waals surface area (Å²) < 4.78 is 0. The van der Waals surface area contributed by atoms with E-state index in [1.54, 1.807) is 0 Å². The van der Waals surface area contributed by atoms with E-state index in [4.69, 9.17) is 0 Å². The molecule has 0 aliphatic carbocycles. The van der Waals surface area contributed by atoms with Crippen molar-refractivity contribution in [3.63, 3.8) is 0 Å². The maximum absolute atomic E-state index is 3.74. The van der Waals surface area contributed by atoms with E-state index >= 15 is 0 Å². The molecule has 0 aromatic heterocycles. The van der Waals surface area contributed by atoms with Gasteiger partial charge in [-0.15, -0.1) is 0 Å². The van der Waals surface area contributed by atoms with Crippen molar-refractivity contribution in [1.29, 1.82) is 0 Å². The SMILES string of the molecule is C=Cc1ccc(C=Cc2ccc(C)cc2)cc1. The molecule has 0 spiro atoms. The van der Waals surface area contributed by atoms with Crippen molar-refractivity contribution in [1.82, 2.24) is 0 Å². The van der Waals surface area contributed by atoms with Crippen molar-refractivity contribution >= 4 is 18.2 Å². The lowest BCUT2D eigenvalue weighted by Gasteiger charge is -1.97. The van der Waals surface area contributed by atoms with Crippen LogP contribution in [0.4, 0.5) is 0 Å². The number of aryl methyl sites for hydroxylation is 1. The van der Waals surface area contributed by atoms with Crippen LogP contribution in [-0.2, 0) is 0 Å². The Morgan fingerprint density at radius 1 is 0.706 bits per heavy atom. The van der Waals surface area contributed by atoms with Gasteiger partial charge in [0.25, 0.3) is 0 Å². The van der Waals surface area contributed by atoms with E-state index in [9.17, 15) is 0 Å². The third kappa shape index (κ3) is 3.18. The summed E-state index contributed by atoms with van der Waals surface area (Å²) in [5.41, 5.74) is 4.87. The highest BCUT2D eigenvalue weighted by atomic mass is 13.9. The lowest BCUT2D eigenvalue weighted by atomic mass is 10.1. The number of hydrogen-bond donors (Lipinski definition) is 0. The Morgan fingerprint density at radius 2 is 1.12 bits per heavy atom. The maximum Gasteiger partial charge on any atom is -0.0256 e. The molecule has 0 heterocycles. The van der Waals surface area contributed by atoms with Gasteiger partial charge in [0.05, 0.1) is 0 Å². The standard InChI is InChI=1S/C17H16/c1-3-15-8-10-17(11-9-15)13-12-16-6-4-14(2)5-7-16/h3-13H,1H2,2H3. The van der Waals surface area contributed by atoms with Gasteiger partial charge in [0, 0.05) is 0 Å². The van der Waals surface area contributed by atoms with Gasteiger partial charge >= 0.3 is 0 Å². The van der Waals surface area contributed by atoms with Gasteiger partial charge in [0.1, 0.15) is 0 Å². The molecule has 0 unspecified atom stereocenters. The van der Waals surface area contributed by atoms with Crippen molar-refractivity contribution in [2.75, 3.05) is 0 Å². The fourth-order valence-corrected chi connectivity index (χ4v) is 1.61. The molecule has 0 heteroatoms. The van der Waals surface area contributed by atoms with Crippen molar-refractivity contribution in [3.8, 4) is 0 Å². The summed E-state index contributed by atoms with van der Waals surface area (Å²) >= 11 is 0. The summed E-state index contributed by atoms with van der Waals surface area (Å²) in [7, 11) is 0. The van der Waals surface area contributed by atoms with Crippen molar-refractivity contribution in [3.05, 3.63) is 77.4 Å². The summed E-state index contributed by atoms with van der Waals surface area (Å²) in [5.74, 6) is 0. The highest BCUT2D eigenvalue weighted by Gasteiger charge is 1.89. The average Bonchev–Trinajstić information content (AvgIpc) is 2.39. The Morgan fingerprint density at radius 3 is 1.59 bits per heavy atom. The minimum Gasteiger partial charge on any atom is -0.0985 e. The predicted octanol–water partition coefficient (Wildman–Crippen LogP) is 4.81.